The maximum atomic E-state index is 13.0. The normalized spacial score (nSPS) is 12.4. The number of hydrogen-bond acceptors (Lipinski definition) is 5. The summed E-state index contributed by atoms with van der Waals surface area (Å²) in [6.07, 6.45) is -8.00. The second-order valence-electron chi connectivity index (χ2n) is 5.57. The monoisotopic (exact) mass is 406 g/mol. The van der Waals surface area contributed by atoms with E-state index in [0.29, 0.717) is 12.1 Å². The molecule has 8 nitrogen and oxygen atoms in total. The molecule has 0 aliphatic heterocycles. The highest BCUT2D eigenvalue weighted by molar-refractivity contribution is 5.58. The highest BCUT2D eigenvalue weighted by Gasteiger charge is 2.37. The molecule has 0 aliphatic carbocycles. The summed E-state index contributed by atoms with van der Waals surface area (Å²) in [5.41, 5.74) is -3.55. The van der Waals surface area contributed by atoms with Gasteiger partial charge < -0.3 is 10.1 Å². The minimum Gasteiger partial charge on any atom is -0.358 e. The predicted molar refractivity (Wildman–Crippen MR) is 80.2 cm³/mol. The zero-order valence-corrected chi connectivity index (χ0v) is 13.7. The van der Waals surface area contributed by atoms with Crippen LogP contribution in [0.15, 0.2) is 30.7 Å². The molecule has 14 heteroatoms. The second kappa shape index (κ2) is 6.31. The molecule has 0 radical (unpaired) electrons. The minimum atomic E-state index is -5.02. The van der Waals surface area contributed by atoms with Gasteiger partial charge in [-0.05, 0) is 23.1 Å². The van der Waals surface area contributed by atoms with Crippen molar-refractivity contribution in [2.45, 2.75) is 12.4 Å². The summed E-state index contributed by atoms with van der Waals surface area (Å²) in [7, 11) is 1.39. The van der Waals surface area contributed by atoms with Crippen LogP contribution in [-0.4, -0.2) is 29.2 Å². The average Bonchev–Trinajstić information content (AvgIpc) is 3.19. The molecule has 0 fully saturated rings. The SMILES string of the molecule is Cn1cc([N+](=O)[O-])nc1-n1cnc(-c2cc(C(F)(F)F)cc(C(F)(F)F)c2)n1. The van der Waals surface area contributed by atoms with Gasteiger partial charge in [-0.1, -0.05) is 0 Å². The van der Waals surface area contributed by atoms with Gasteiger partial charge in [-0.25, -0.2) is 4.98 Å². The molecular weight excluding hydrogens is 398 g/mol. The highest BCUT2D eigenvalue weighted by Crippen LogP contribution is 2.38. The van der Waals surface area contributed by atoms with E-state index in [4.69, 9.17) is 0 Å². The summed E-state index contributed by atoms with van der Waals surface area (Å²) >= 11 is 0. The molecule has 0 saturated carbocycles. The number of nitro groups is 1. The Kier molecular flexibility index (Phi) is 4.36. The largest absolute Gasteiger partial charge is 0.416 e. The zero-order valence-electron chi connectivity index (χ0n) is 13.7. The minimum absolute atomic E-state index is 0.0113. The van der Waals surface area contributed by atoms with Gasteiger partial charge in [0.2, 0.25) is 0 Å². The first kappa shape index (κ1) is 19.3. The molecule has 148 valence electrons. The average molecular weight is 406 g/mol. The third-order valence-electron chi connectivity index (χ3n) is 3.57. The van der Waals surface area contributed by atoms with Crippen LogP contribution in [0, 0.1) is 10.1 Å². The highest BCUT2D eigenvalue weighted by atomic mass is 19.4. The molecule has 2 heterocycles. The van der Waals surface area contributed by atoms with Crippen LogP contribution >= 0.6 is 0 Å². The van der Waals surface area contributed by atoms with Crippen LogP contribution in [0.5, 0.6) is 0 Å². The lowest BCUT2D eigenvalue weighted by Gasteiger charge is -2.13. The van der Waals surface area contributed by atoms with E-state index in [-0.39, 0.29) is 12.0 Å². The van der Waals surface area contributed by atoms with Gasteiger partial charge in [0.1, 0.15) is 12.5 Å². The number of alkyl halides is 6. The first-order valence-electron chi connectivity index (χ1n) is 7.26. The molecule has 1 aromatic carbocycles. The molecule has 0 amide bonds. The predicted octanol–water partition coefficient (Wildman–Crippen LogP) is 3.61. The van der Waals surface area contributed by atoms with Crippen molar-refractivity contribution < 1.29 is 31.3 Å². The lowest BCUT2D eigenvalue weighted by Crippen LogP contribution is -2.11. The lowest BCUT2D eigenvalue weighted by atomic mass is 10.0. The van der Waals surface area contributed by atoms with Crippen LogP contribution in [-0.2, 0) is 19.4 Å². The van der Waals surface area contributed by atoms with Crippen molar-refractivity contribution in [3.63, 3.8) is 0 Å². The number of hydrogen-bond donors (Lipinski definition) is 0. The maximum absolute atomic E-state index is 13.0. The molecule has 28 heavy (non-hydrogen) atoms. The third-order valence-corrected chi connectivity index (χ3v) is 3.57. The quantitative estimate of drug-likeness (QED) is 0.377. The molecule has 0 bridgehead atoms. The zero-order chi connectivity index (χ0) is 20.9. The van der Waals surface area contributed by atoms with Crippen molar-refractivity contribution in [2.24, 2.45) is 7.05 Å². The summed E-state index contributed by atoms with van der Waals surface area (Å²) < 4.78 is 79.9. The van der Waals surface area contributed by atoms with Crippen LogP contribution in [0.1, 0.15) is 11.1 Å². The van der Waals surface area contributed by atoms with Crippen molar-refractivity contribution in [3.05, 3.63) is 52.0 Å². The van der Waals surface area contributed by atoms with E-state index in [0.717, 1.165) is 17.2 Å². The summed E-state index contributed by atoms with van der Waals surface area (Å²) in [5, 5.41) is 14.6. The van der Waals surface area contributed by atoms with Crippen LogP contribution in [0.2, 0.25) is 0 Å². The standard InChI is InChI=1S/C14H8F6N6O2/c1-24-5-10(26(27)28)22-12(24)25-6-21-11(23-25)7-2-8(13(15,16)17)4-9(3-7)14(18,19)20/h2-6H,1H3. The van der Waals surface area contributed by atoms with Gasteiger partial charge in [0.05, 0.1) is 11.1 Å². The smallest absolute Gasteiger partial charge is 0.358 e. The van der Waals surface area contributed by atoms with Crippen molar-refractivity contribution in [2.75, 3.05) is 0 Å². The molecule has 3 aromatic rings. The molecule has 0 saturated heterocycles. The van der Waals surface area contributed by atoms with E-state index in [9.17, 15) is 36.5 Å². The molecule has 3 rings (SSSR count). The first-order chi connectivity index (χ1) is 12.9. The number of benzene rings is 1. The maximum Gasteiger partial charge on any atom is 0.416 e. The topological polar surface area (TPSA) is 91.7 Å². The van der Waals surface area contributed by atoms with Gasteiger partial charge in [0, 0.05) is 17.6 Å². The molecule has 0 aliphatic rings. The molecule has 0 N–H and O–H groups in total. The Bertz CT molecular complexity index is 1020. The fourth-order valence-electron chi connectivity index (χ4n) is 2.32. The van der Waals surface area contributed by atoms with Gasteiger partial charge in [0.25, 0.3) is 0 Å². The molecule has 2 aromatic heterocycles. The Balaban J connectivity index is 2.09. The Morgan fingerprint density at radius 1 is 1.04 bits per heavy atom. The van der Waals surface area contributed by atoms with Gasteiger partial charge in [-0.15, -0.1) is 5.10 Å². The Morgan fingerprint density at radius 2 is 1.61 bits per heavy atom. The van der Waals surface area contributed by atoms with Gasteiger partial charge >= 0.3 is 24.1 Å². The number of imidazole rings is 1. The third kappa shape index (κ3) is 3.65. The van der Waals surface area contributed by atoms with Crippen molar-refractivity contribution in [1.82, 2.24) is 24.3 Å². The van der Waals surface area contributed by atoms with Gasteiger partial charge in [0.15, 0.2) is 5.82 Å². The van der Waals surface area contributed by atoms with E-state index in [1.807, 2.05) is 0 Å². The van der Waals surface area contributed by atoms with Gasteiger partial charge in [-0.2, -0.15) is 31.0 Å². The van der Waals surface area contributed by atoms with Crippen molar-refractivity contribution >= 4 is 5.82 Å². The van der Waals surface area contributed by atoms with E-state index < -0.39 is 45.6 Å². The molecule has 0 spiro atoms. The van der Waals surface area contributed by atoms with Crippen LogP contribution < -0.4 is 0 Å². The van der Waals surface area contributed by atoms with Crippen LogP contribution in [0.4, 0.5) is 32.2 Å². The fraction of sp³-hybridized carbons (Fsp3) is 0.214. The van der Waals surface area contributed by atoms with E-state index in [1.54, 1.807) is 0 Å². The molecule has 0 atom stereocenters. The second-order valence-corrected chi connectivity index (χ2v) is 5.57. The Hall–Kier alpha value is -3.45. The summed E-state index contributed by atoms with van der Waals surface area (Å²) in [4.78, 5) is 17.3. The summed E-state index contributed by atoms with van der Waals surface area (Å²) in [6, 6.07) is 0.953. The van der Waals surface area contributed by atoms with Crippen molar-refractivity contribution in [1.29, 1.82) is 0 Å². The van der Waals surface area contributed by atoms with Crippen molar-refractivity contribution in [3.8, 4) is 17.3 Å². The summed E-state index contributed by atoms with van der Waals surface area (Å²) in [5.74, 6) is -1.07. The van der Waals surface area contributed by atoms with Crippen LogP contribution in [0.3, 0.4) is 0 Å². The fourth-order valence-corrected chi connectivity index (χ4v) is 2.32. The molecular formula is C14H8F6N6O2. The number of halogens is 6. The van der Waals surface area contributed by atoms with E-state index in [2.05, 4.69) is 15.1 Å². The van der Waals surface area contributed by atoms with Gasteiger partial charge in [-0.3, -0.25) is 4.57 Å². The van der Waals surface area contributed by atoms with E-state index >= 15 is 0 Å². The van der Waals surface area contributed by atoms with Crippen LogP contribution in [0.25, 0.3) is 17.3 Å². The number of aromatic nitrogens is 5. The lowest BCUT2D eigenvalue weighted by molar-refractivity contribution is -0.389. The number of aryl methyl sites for hydroxylation is 1. The number of rotatable bonds is 3. The Morgan fingerprint density at radius 3 is 2.07 bits per heavy atom. The van der Waals surface area contributed by atoms with E-state index in [1.165, 1.54) is 11.6 Å². The Labute approximate surface area is 151 Å². The molecule has 0 unspecified atom stereocenters. The number of nitrogens with zero attached hydrogens (tertiary/aromatic N) is 6. The summed E-state index contributed by atoms with van der Waals surface area (Å²) in [6.45, 7) is 0. The first-order valence-corrected chi connectivity index (χ1v) is 7.26.